The van der Waals surface area contributed by atoms with Gasteiger partial charge in [0.15, 0.2) is 0 Å². The standard InChI is InChI=1S/C18H16BrN5O/c1-11(21-23-18-20-17(25)12(2)22-24-18)13-3-5-14(6-4-13)15-7-9-16(19)10-8-15/h3-10H,1-2H3,(H2,20,23,24,25)/b21-11-. The Bertz CT molecular complexity index is 962. The summed E-state index contributed by atoms with van der Waals surface area (Å²) in [6.45, 7) is 3.47. The minimum atomic E-state index is -0.288. The van der Waals surface area contributed by atoms with Crippen LogP contribution in [0.3, 0.4) is 0 Å². The van der Waals surface area contributed by atoms with E-state index in [1.807, 2.05) is 43.3 Å². The molecule has 0 saturated carbocycles. The zero-order chi connectivity index (χ0) is 17.8. The number of anilines is 1. The third-order valence-corrected chi connectivity index (χ3v) is 4.20. The van der Waals surface area contributed by atoms with Crippen LogP contribution in [0.4, 0.5) is 5.95 Å². The summed E-state index contributed by atoms with van der Waals surface area (Å²) < 4.78 is 1.05. The lowest BCUT2D eigenvalue weighted by atomic mass is 10.0. The number of H-pyrrole nitrogens is 1. The first-order chi connectivity index (χ1) is 12.0. The second kappa shape index (κ2) is 7.40. The van der Waals surface area contributed by atoms with E-state index in [0.717, 1.165) is 26.9 Å². The largest absolute Gasteiger partial charge is 0.288 e. The number of halogens is 1. The molecule has 25 heavy (non-hydrogen) atoms. The molecule has 3 rings (SSSR count). The second-order valence-corrected chi connectivity index (χ2v) is 6.40. The van der Waals surface area contributed by atoms with Crippen molar-refractivity contribution >= 4 is 27.6 Å². The topological polar surface area (TPSA) is 83.0 Å². The monoisotopic (exact) mass is 397 g/mol. The Kier molecular flexibility index (Phi) is 5.04. The molecular weight excluding hydrogens is 382 g/mol. The molecule has 0 spiro atoms. The molecule has 0 aliphatic heterocycles. The van der Waals surface area contributed by atoms with Crippen molar-refractivity contribution in [2.75, 3.05) is 5.43 Å². The summed E-state index contributed by atoms with van der Waals surface area (Å²) in [7, 11) is 0. The fourth-order valence-corrected chi connectivity index (χ4v) is 2.46. The summed E-state index contributed by atoms with van der Waals surface area (Å²) in [5, 5.41) is 11.8. The average molecular weight is 398 g/mol. The van der Waals surface area contributed by atoms with Crippen molar-refractivity contribution in [3.05, 3.63) is 74.6 Å². The number of aromatic nitrogens is 3. The van der Waals surface area contributed by atoms with Crippen LogP contribution in [0.2, 0.25) is 0 Å². The fourth-order valence-electron chi connectivity index (χ4n) is 2.19. The van der Waals surface area contributed by atoms with Crippen LogP contribution in [0.15, 0.2) is 62.9 Å². The van der Waals surface area contributed by atoms with Crippen molar-refractivity contribution < 1.29 is 0 Å². The van der Waals surface area contributed by atoms with E-state index in [2.05, 4.69) is 53.8 Å². The normalized spacial score (nSPS) is 11.4. The highest BCUT2D eigenvalue weighted by Gasteiger charge is 2.02. The van der Waals surface area contributed by atoms with E-state index >= 15 is 0 Å². The van der Waals surface area contributed by atoms with Crippen LogP contribution in [0.1, 0.15) is 18.2 Å². The van der Waals surface area contributed by atoms with Gasteiger partial charge in [-0.3, -0.25) is 9.78 Å². The third-order valence-electron chi connectivity index (χ3n) is 3.67. The molecule has 0 atom stereocenters. The summed E-state index contributed by atoms with van der Waals surface area (Å²) in [4.78, 5) is 14.1. The molecule has 7 heteroatoms. The van der Waals surface area contributed by atoms with Gasteiger partial charge in [-0.25, -0.2) is 5.43 Å². The maximum absolute atomic E-state index is 11.5. The van der Waals surface area contributed by atoms with Crippen LogP contribution < -0.4 is 11.0 Å². The molecule has 2 aromatic carbocycles. The Morgan fingerprint density at radius 2 is 1.64 bits per heavy atom. The van der Waals surface area contributed by atoms with Crippen molar-refractivity contribution in [2.24, 2.45) is 5.10 Å². The lowest BCUT2D eigenvalue weighted by Crippen LogP contribution is -2.16. The van der Waals surface area contributed by atoms with Gasteiger partial charge in [0.2, 0.25) is 5.95 Å². The van der Waals surface area contributed by atoms with Crippen molar-refractivity contribution in [1.29, 1.82) is 0 Å². The van der Waals surface area contributed by atoms with Gasteiger partial charge in [-0.15, -0.1) is 10.2 Å². The van der Waals surface area contributed by atoms with Gasteiger partial charge in [0.25, 0.3) is 5.56 Å². The minimum absolute atomic E-state index is 0.210. The second-order valence-electron chi connectivity index (χ2n) is 5.48. The van der Waals surface area contributed by atoms with Gasteiger partial charge in [0.05, 0.1) is 5.71 Å². The zero-order valence-electron chi connectivity index (χ0n) is 13.7. The van der Waals surface area contributed by atoms with Crippen molar-refractivity contribution in [2.45, 2.75) is 13.8 Å². The van der Waals surface area contributed by atoms with E-state index in [1.165, 1.54) is 0 Å². The first-order valence-electron chi connectivity index (χ1n) is 7.63. The maximum atomic E-state index is 11.5. The summed E-state index contributed by atoms with van der Waals surface area (Å²) in [5.74, 6) is 0.210. The van der Waals surface area contributed by atoms with Crippen LogP contribution in [0, 0.1) is 6.92 Å². The van der Waals surface area contributed by atoms with E-state index in [4.69, 9.17) is 0 Å². The fraction of sp³-hybridized carbons (Fsp3) is 0.111. The number of hydrazone groups is 1. The molecule has 1 aromatic heterocycles. The number of nitrogens with zero attached hydrogens (tertiary/aromatic N) is 3. The minimum Gasteiger partial charge on any atom is -0.288 e. The molecule has 0 aliphatic carbocycles. The van der Waals surface area contributed by atoms with Crippen molar-refractivity contribution in [3.8, 4) is 11.1 Å². The third kappa shape index (κ3) is 4.19. The molecule has 0 amide bonds. The molecule has 0 fully saturated rings. The van der Waals surface area contributed by atoms with E-state index < -0.39 is 0 Å². The predicted octanol–water partition coefficient (Wildman–Crippen LogP) is 3.74. The molecule has 0 unspecified atom stereocenters. The zero-order valence-corrected chi connectivity index (χ0v) is 15.3. The molecule has 2 N–H and O–H groups in total. The Labute approximate surface area is 153 Å². The van der Waals surface area contributed by atoms with Crippen LogP contribution >= 0.6 is 15.9 Å². The first kappa shape index (κ1) is 17.0. The van der Waals surface area contributed by atoms with E-state index in [1.54, 1.807) is 6.92 Å². The highest BCUT2D eigenvalue weighted by atomic mass is 79.9. The molecule has 0 bridgehead atoms. The summed E-state index contributed by atoms with van der Waals surface area (Å²) >= 11 is 3.44. The predicted molar refractivity (Wildman–Crippen MR) is 103 cm³/mol. The van der Waals surface area contributed by atoms with Gasteiger partial charge >= 0.3 is 0 Å². The number of hydrogen-bond acceptors (Lipinski definition) is 5. The number of rotatable bonds is 4. The quantitative estimate of drug-likeness (QED) is 0.518. The van der Waals surface area contributed by atoms with Gasteiger partial charge in [0.1, 0.15) is 5.69 Å². The molecule has 6 nitrogen and oxygen atoms in total. The van der Waals surface area contributed by atoms with Gasteiger partial charge in [-0.05, 0) is 42.7 Å². The van der Waals surface area contributed by atoms with Gasteiger partial charge in [-0.1, -0.05) is 52.3 Å². The molecular formula is C18H16BrN5O. The van der Waals surface area contributed by atoms with E-state index in [-0.39, 0.29) is 11.5 Å². The highest BCUT2D eigenvalue weighted by molar-refractivity contribution is 9.10. The Balaban J connectivity index is 1.75. The van der Waals surface area contributed by atoms with Gasteiger partial charge in [0, 0.05) is 4.47 Å². The van der Waals surface area contributed by atoms with Crippen LogP contribution in [-0.2, 0) is 0 Å². The molecule has 0 radical (unpaired) electrons. The Morgan fingerprint density at radius 1 is 1.04 bits per heavy atom. The number of nitrogens with one attached hydrogen (secondary N) is 2. The van der Waals surface area contributed by atoms with E-state index in [9.17, 15) is 4.79 Å². The van der Waals surface area contributed by atoms with E-state index in [0.29, 0.717) is 5.69 Å². The number of benzene rings is 2. The maximum Gasteiger partial charge on any atom is 0.274 e. The van der Waals surface area contributed by atoms with Gasteiger partial charge < -0.3 is 0 Å². The highest BCUT2D eigenvalue weighted by Crippen LogP contribution is 2.22. The first-order valence-corrected chi connectivity index (χ1v) is 8.42. The summed E-state index contributed by atoms with van der Waals surface area (Å²) in [6.07, 6.45) is 0. The average Bonchev–Trinajstić information content (AvgIpc) is 2.63. The molecule has 3 aromatic rings. The molecule has 0 aliphatic rings. The Morgan fingerprint density at radius 3 is 2.24 bits per heavy atom. The lowest BCUT2D eigenvalue weighted by Gasteiger charge is -2.05. The Hall–Kier alpha value is -2.80. The van der Waals surface area contributed by atoms with Crippen molar-refractivity contribution in [3.63, 3.8) is 0 Å². The van der Waals surface area contributed by atoms with Crippen LogP contribution in [0.25, 0.3) is 11.1 Å². The summed E-state index contributed by atoms with van der Waals surface area (Å²) in [5.41, 5.74) is 6.76. The molecule has 126 valence electrons. The summed E-state index contributed by atoms with van der Waals surface area (Å²) in [6, 6.07) is 16.3. The molecule has 0 saturated heterocycles. The van der Waals surface area contributed by atoms with Gasteiger partial charge in [-0.2, -0.15) is 5.10 Å². The lowest BCUT2D eigenvalue weighted by molar-refractivity contribution is 0.897. The SMILES string of the molecule is C/C(=N/Nc1nnc(C)c(=O)[nH]1)c1ccc(-c2ccc(Br)cc2)cc1. The van der Waals surface area contributed by atoms with Crippen molar-refractivity contribution in [1.82, 2.24) is 15.2 Å². The number of hydrogen-bond donors (Lipinski definition) is 2. The number of aromatic amines is 1. The van der Waals surface area contributed by atoms with Crippen LogP contribution in [-0.4, -0.2) is 20.9 Å². The molecule has 1 heterocycles. The van der Waals surface area contributed by atoms with Crippen LogP contribution in [0.5, 0.6) is 0 Å². The smallest absolute Gasteiger partial charge is 0.274 e. The number of aryl methyl sites for hydroxylation is 1.